The second-order valence-corrected chi connectivity index (χ2v) is 18.8. The van der Waals surface area contributed by atoms with Crippen LogP contribution in [0.15, 0.2) is 268 Å². The van der Waals surface area contributed by atoms with E-state index in [0.29, 0.717) is 0 Å². The third-order valence-corrected chi connectivity index (χ3v) is 16.1. The lowest BCUT2D eigenvalue weighted by Gasteiger charge is -2.42. The number of hydrogen-bond acceptors (Lipinski definition) is 1. The van der Waals surface area contributed by atoms with E-state index in [4.69, 9.17) is 0 Å². The van der Waals surface area contributed by atoms with Crippen molar-refractivity contribution in [3.8, 4) is 33.4 Å². The molecular formula is C60H43NS. The number of benzene rings is 10. The molecule has 0 fully saturated rings. The summed E-state index contributed by atoms with van der Waals surface area (Å²) in [6.07, 6.45) is 4.51. The van der Waals surface area contributed by atoms with Gasteiger partial charge in [0.25, 0.3) is 0 Å². The van der Waals surface area contributed by atoms with Gasteiger partial charge in [0.2, 0.25) is 0 Å². The average Bonchev–Trinajstić information content (AvgIpc) is 3.78. The fourth-order valence-corrected chi connectivity index (χ4v) is 13.1. The SMILES string of the molecule is C1=Cc2cc(-c3ccc(N(c4ccc(-c5ccccc5)cc4)c4ccc(S(c5ccccc5)(c5ccccc5)c5ccccc5)cc4)cc3)cc3c(-c4ccccc4)ccc1c23. The third kappa shape index (κ3) is 6.62. The minimum absolute atomic E-state index is 1.10. The summed E-state index contributed by atoms with van der Waals surface area (Å²) >= 11 is 0. The van der Waals surface area contributed by atoms with Crippen LogP contribution < -0.4 is 4.90 Å². The van der Waals surface area contributed by atoms with E-state index in [-0.39, 0.29) is 0 Å². The molecule has 0 aromatic heterocycles. The Kier molecular flexibility index (Phi) is 9.69. The average molecular weight is 810 g/mol. The van der Waals surface area contributed by atoms with Gasteiger partial charge in [-0.05, 0) is 152 Å². The second-order valence-electron chi connectivity index (χ2n) is 15.7. The quantitative estimate of drug-likeness (QED) is 0.133. The molecule has 0 saturated heterocycles. The predicted octanol–water partition coefficient (Wildman–Crippen LogP) is 17.1. The van der Waals surface area contributed by atoms with E-state index >= 15 is 0 Å². The number of anilines is 3. The summed E-state index contributed by atoms with van der Waals surface area (Å²) in [5, 5.41) is 2.62. The molecule has 0 atom stereocenters. The largest absolute Gasteiger partial charge is 0.311 e. The first-order valence-corrected chi connectivity index (χ1v) is 22.9. The Morgan fingerprint density at radius 1 is 0.274 bits per heavy atom. The van der Waals surface area contributed by atoms with Crippen LogP contribution >= 0.6 is 10.0 Å². The van der Waals surface area contributed by atoms with Crippen LogP contribution in [0.4, 0.5) is 17.1 Å². The van der Waals surface area contributed by atoms with Gasteiger partial charge in [-0.2, -0.15) is 0 Å². The number of rotatable bonds is 10. The van der Waals surface area contributed by atoms with E-state index in [1.807, 2.05) is 0 Å². The van der Waals surface area contributed by atoms with Crippen LogP contribution in [-0.2, 0) is 0 Å². The minimum atomic E-state index is -1.82. The Bertz CT molecular complexity index is 3070. The Labute approximate surface area is 365 Å². The Hall–Kier alpha value is -7.65. The van der Waals surface area contributed by atoms with Gasteiger partial charge in [-0.15, -0.1) is 10.0 Å². The highest BCUT2D eigenvalue weighted by atomic mass is 32.3. The normalized spacial score (nSPS) is 12.1. The molecule has 1 nitrogen and oxygen atoms in total. The lowest BCUT2D eigenvalue weighted by molar-refractivity contribution is 1.22. The first kappa shape index (κ1) is 37.4. The molecular weight excluding hydrogens is 767 g/mol. The summed E-state index contributed by atoms with van der Waals surface area (Å²) < 4.78 is 0. The van der Waals surface area contributed by atoms with Crippen LogP contribution in [0.3, 0.4) is 0 Å². The van der Waals surface area contributed by atoms with Gasteiger partial charge in [-0.3, -0.25) is 0 Å². The van der Waals surface area contributed by atoms with Crippen molar-refractivity contribution in [3.63, 3.8) is 0 Å². The molecule has 0 heterocycles. The highest BCUT2D eigenvalue weighted by molar-refractivity contribution is 8.34. The van der Waals surface area contributed by atoms with E-state index in [9.17, 15) is 0 Å². The third-order valence-electron chi connectivity index (χ3n) is 12.1. The first-order chi connectivity index (χ1) is 30.7. The minimum Gasteiger partial charge on any atom is -0.311 e. The highest BCUT2D eigenvalue weighted by Gasteiger charge is 2.33. The molecule has 62 heavy (non-hydrogen) atoms. The van der Waals surface area contributed by atoms with Gasteiger partial charge in [0.1, 0.15) is 0 Å². The molecule has 0 unspecified atom stereocenters. The van der Waals surface area contributed by atoms with Crippen molar-refractivity contribution >= 4 is 50.0 Å². The standard InChI is InChI=1S/C60H43NS/c1-6-16-44(17-7-1)45-28-33-51(34-29-45)61(52-35-30-46(31-36-52)50-42-49-27-26-48-32-41-58(59(43-50)60(48)49)47-18-8-2-9-19-47)53-37-39-57(40-38-53)62(54-20-10-3-11-21-54,55-22-12-4-13-23-55)56-24-14-5-15-25-56/h1-43H. The van der Waals surface area contributed by atoms with E-state index in [2.05, 4.69) is 266 Å². The molecule has 10 aromatic carbocycles. The molecule has 1 aliphatic rings. The summed E-state index contributed by atoms with van der Waals surface area (Å²) in [5.74, 6) is 0. The van der Waals surface area contributed by atoms with Gasteiger partial charge in [-0.1, -0.05) is 164 Å². The van der Waals surface area contributed by atoms with Gasteiger partial charge in [0.05, 0.1) is 0 Å². The predicted molar refractivity (Wildman–Crippen MR) is 264 cm³/mol. The zero-order valence-electron chi connectivity index (χ0n) is 34.2. The van der Waals surface area contributed by atoms with E-state index < -0.39 is 10.0 Å². The molecule has 294 valence electrons. The van der Waals surface area contributed by atoms with Crippen LogP contribution in [0.1, 0.15) is 11.1 Å². The Morgan fingerprint density at radius 2 is 0.661 bits per heavy atom. The maximum atomic E-state index is 2.38. The summed E-state index contributed by atoms with van der Waals surface area (Å²) in [7, 11) is -1.82. The van der Waals surface area contributed by atoms with Crippen molar-refractivity contribution in [1.82, 2.24) is 0 Å². The monoisotopic (exact) mass is 809 g/mol. The first-order valence-electron chi connectivity index (χ1n) is 21.2. The van der Waals surface area contributed by atoms with Crippen LogP contribution in [0.5, 0.6) is 0 Å². The van der Waals surface area contributed by atoms with Crippen molar-refractivity contribution in [2.24, 2.45) is 0 Å². The molecule has 0 saturated carbocycles. The summed E-state index contributed by atoms with van der Waals surface area (Å²) in [6.45, 7) is 0. The molecule has 0 amide bonds. The van der Waals surface area contributed by atoms with Gasteiger partial charge in [0, 0.05) is 36.6 Å². The van der Waals surface area contributed by atoms with Crippen molar-refractivity contribution in [1.29, 1.82) is 0 Å². The topological polar surface area (TPSA) is 3.24 Å². The summed E-state index contributed by atoms with van der Waals surface area (Å²) in [4.78, 5) is 7.60. The summed E-state index contributed by atoms with van der Waals surface area (Å²) in [5.41, 5.74) is 13.1. The fourth-order valence-electron chi connectivity index (χ4n) is 9.20. The summed E-state index contributed by atoms with van der Waals surface area (Å²) in [6, 6.07) is 91.2. The van der Waals surface area contributed by atoms with E-state index in [1.165, 1.54) is 74.9 Å². The van der Waals surface area contributed by atoms with Crippen LogP contribution in [0.2, 0.25) is 0 Å². The Morgan fingerprint density at radius 3 is 1.16 bits per heavy atom. The fraction of sp³-hybridized carbons (Fsp3) is 0. The van der Waals surface area contributed by atoms with Crippen molar-refractivity contribution < 1.29 is 0 Å². The molecule has 11 rings (SSSR count). The van der Waals surface area contributed by atoms with E-state index in [1.54, 1.807) is 0 Å². The van der Waals surface area contributed by atoms with Gasteiger partial charge >= 0.3 is 0 Å². The van der Waals surface area contributed by atoms with Crippen molar-refractivity contribution in [3.05, 3.63) is 260 Å². The maximum absolute atomic E-state index is 2.38. The van der Waals surface area contributed by atoms with Gasteiger partial charge in [0.15, 0.2) is 0 Å². The van der Waals surface area contributed by atoms with Crippen molar-refractivity contribution in [2.75, 3.05) is 4.90 Å². The van der Waals surface area contributed by atoms with Gasteiger partial charge in [-0.25, -0.2) is 0 Å². The van der Waals surface area contributed by atoms with Crippen LogP contribution in [0, 0.1) is 0 Å². The zero-order valence-corrected chi connectivity index (χ0v) is 35.0. The van der Waals surface area contributed by atoms with Crippen molar-refractivity contribution in [2.45, 2.75) is 19.6 Å². The second kappa shape index (κ2) is 16.1. The molecule has 1 aliphatic carbocycles. The maximum Gasteiger partial charge on any atom is 0.0462 e. The lowest BCUT2D eigenvalue weighted by Crippen LogP contribution is -2.10. The van der Waals surface area contributed by atoms with Gasteiger partial charge < -0.3 is 4.90 Å². The molecule has 0 spiro atoms. The lowest BCUT2D eigenvalue weighted by atomic mass is 9.91. The number of hydrogen-bond donors (Lipinski definition) is 0. The molecule has 0 aliphatic heterocycles. The Balaban J connectivity index is 1.03. The van der Waals surface area contributed by atoms with Crippen LogP contribution in [0.25, 0.3) is 56.3 Å². The number of nitrogens with zero attached hydrogens (tertiary/aromatic N) is 1. The molecule has 0 N–H and O–H groups in total. The molecule has 10 aromatic rings. The van der Waals surface area contributed by atoms with E-state index in [0.717, 1.165) is 17.1 Å². The molecule has 0 radical (unpaired) electrons. The van der Waals surface area contributed by atoms with Crippen LogP contribution in [-0.4, -0.2) is 0 Å². The molecule has 2 heteroatoms. The smallest absolute Gasteiger partial charge is 0.0462 e. The zero-order chi connectivity index (χ0) is 41.3. The highest BCUT2D eigenvalue weighted by Crippen LogP contribution is 2.73. The molecule has 0 bridgehead atoms.